The lowest BCUT2D eigenvalue weighted by Crippen LogP contribution is -2.33. The summed E-state index contributed by atoms with van der Waals surface area (Å²) in [5.41, 5.74) is 0. The minimum absolute atomic E-state index is 0.0603. The standard InChI is InChI=1S/C9H19NO/c1-3-10(4-2)7-9(11)8-5-6-8/h8-9,11H,3-7H2,1-2H3. The topological polar surface area (TPSA) is 23.5 Å². The number of aliphatic hydroxyl groups excluding tert-OH is 1. The first kappa shape index (κ1) is 9.01. The van der Waals surface area contributed by atoms with Gasteiger partial charge in [-0.1, -0.05) is 13.8 Å². The van der Waals surface area contributed by atoms with Gasteiger partial charge in [0.15, 0.2) is 0 Å². The molecule has 66 valence electrons. The Morgan fingerprint density at radius 1 is 1.36 bits per heavy atom. The average molecular weight is 157 g/mol. The summed E-state index contributed by atoms with van der Waals surface area (Å²) < 4.78 is 0. The Kier molecular flexibility index (Phi) is 3.34. The van der Waals surface area contributed by atoms with Crippen LogP contribution in [0.15, 0.2) is 0 Å². The van der Waals surface area contributed by atoms with Crippen LogP contribution in [0.3, 0.4) is 0 Å². The molecule has 2 nitrogen and oxygen atoms in total. The van der Waals surface area contributed by atoms with E-state index >= 15 is 0 Å². The van der Waals surface area contributed by atoms with Gasteiger partial charge in [-0.2, -0.15) is 0 Å². The molecule has 1 unspecified atom stereocenters. The highest BCUT2D eigenvalue weighted by molar-refractivity contribution is 4.82. The van der Waals surface area contributed by atoms with Gasteiger partial charge < -0.3 is 10.0 Å². The predicted octanol–water partition coefficient (Wildman–Crippen LogP) is 1.10. The lowest BCUT2D eigenvalue weighted by atomic mass is 10.2. The lowest BCUT2D eigenvalue weighted by Gasteiger charge is -2.21. The fourth-order valence-electron chi connectivity index (χ4n) is 1.38. The quantitative estimate of drug-likeness (QED) is 0.646. The monoisotopic (exact) mass is 157 g/mol. The minimum atomic E-state index is -0.0603. The number of aliphatic hydroxyl groups is 1. The first-order valence-electron chi connectivity index (χ1n) is 4.68. The van der Waals surface area contributed by atoms with Crippen molar-refractivity contribution >= 4 is 0 Å². The first-order chi connectivity index (χ1) is 5.27. The van der Waals surface area contributed by atoms with Crippen LogP contribution in [0.5, 0.6) is 0 Å². The molecule has 2 heteroatoms. The zero-order chi connectivity index (χ0) is 8.27. The number of nitrogens with zero attached hydrogens (tertiary/aromatic N) is 1. The summed E-state index contributed by atoms with van der Waals surface area (Å²) in [6.45, 7) is 7.27. The molecule has 0 radical (unpaired) electrons. The highest BCUT2D eigenvalue weighted by Crippen LogP contribution is 2.32. The summed E-state index contributed by atoms with van der Waals surface area (Å²) in [6, 6.07) is 0. The normalized spacial score (nSPS) is 20.7. The zero-order valence-electron chi connectivity index (χ0n) is 7.58. The Bertz CT molecular complexity index is 108. The third-order valence-corrected chi connectivity index (χ3v) is 2.51. The number of rotatable bonds is 5. The Hall–Kier alpha value is -0.0800. The van der Waals surface area contributed by atoms with Gasteiger partial charge in [0, 0.05) is 6.54 Å². The summed E-state index contributed by atoms with van der Waals surface area (Å²) in [4.78, 5) is 2.28. The molecule has 0 aromatic rings. The zero-order valence-corrected chi connectivity index (χ0v) is 7.58. The Labute approximate surface area is 69.2 Å². The molecule has 1 N–H and O–H groups in total. The van der Waals surface area contributed by atoms with E-state index in [1.165, 1.54) is 12.8 Å². The largest absolute Gasteiger partial charge is 0.392 e. The number of hydrogen-bond acceptors (Lipinski definition) is 2. The maximum absolute atomic E-state index is 9.58. The van der Waals surface area contributed by atoms with E-state index < -0.39 is 0 Å². The molecule has 1 saturated carbocycles. The van der Waals surface area contributed by atoms with Crippen LogP contribution in [0.4, 0.5) is 0 Å². The van der Waals surface area contributed by atoms with E-state index in [4.69, 9.17) is 0 Å². The number of hydrogen-bond donors (Lipinski definition) is 1. The van der Waals surface area contributed by atoms with Crippen molar-refractivity contribution in [2.75, 3.05) is 19.6 Å². The van der Waals surface area contributed by atoms with Crippen molar-refractivity contribution in [2.24, 2.45) is 5.92 Å². The molecule has 11 heavy (non-hydrogen) atoms. The molecule has 1 fully saturated rings. The van der Waals surface area contributed by atoms with Gasteiger partial charge in [-0.3, -0.25) is 0 Å². The fourth-order valence-corrected chi connectivity index (χ4v) is 1.38. The van der Waals surface area contributed by atoms with Crippen molar-refractivity contribution < 1.29 is 5.11 Å². The van der Waals surface area contributed by atoms with Gasteiger partial charge in [-0.25, -0.2) is 0 Å². The molecule has 0 amide bonds. The van der Waals surface area contributed by atoms with Gasteiger partial charge in [-0.15, -0.1) is 0 Å². The molecule has 0 saturated heterocycles. The van der Waals surface area contributed by atoms with Crippen molar-refractivity contribution in [1.82, 2.24) is 4.90 Å². The number of likely N-dealkylation sites (N-methyl/N-ethyl adjacent to an activating group) is 1. The van der Waals surface area contributed by atoms with Gasteiger partial charge >= 0.3 is 0 Å². The molecule has 0 heterocycles. The van der Waals surface area contributed by atoms with Crippen LogP contribution in [0.2, 0.25) is 0 Å². The molecule has 1 aliphatic rings. The van der Waals surface area contributed by atoms with Crippen LogP contribution in [0, 0.1) is 5.92 Å². The van der Waals surface area contributed by atoms with Gasteiger partial charge in [0.2, 0.25) is 0 Å². The molecule has 1 atom stereocenters. The van der Waals surface area contributed by atoms with Gasteiger partial charge in [-0.05, 0) is 31.8 Å². The SMILES string of the molecule is CCN(CC)CC(O)C1CC1. The highest BCUT2D eigenvalue weighted by Gasteiger charge is 2.30. The smallest absolute Gasteiger partial charge is 0.0695 e. The molecule has 0 aliphatic heterocycles. The van der Waals surface area contributed by atoms with E-state index in [0.717, 1.165) is 19.6 Å². The lowest BCUT2D eigenvalue weighted by molar-refractivity contribution is 0.100. The Balaban J connectivity index is 2.15. The van der Waals surface area contributed by atoms with Crippen LogP contribution >= 0.6 is 0 Å². The van der Waals surface area contributed by atoms with Crippen LogP contribution in [0.1, 0.15) is 26.7 Å². The van der Waals surface area contributed by atoms with Crippen molar-refractivity contribution in [3.63, 3.8) is 0 Å². The summed E-state index contributed by atoms with van der Waals surface area (Å²) >= 11 is 0. The molecule has 0 bridgehead atoms. The van der Waals surface area contributed by atoms with E-state index in [9.17, 15) is 5.11 Å². The van der Waals surface area contributed by atoms with E-state index in [2.05, 4.69) is 18.7 Å². The summed E-state index contributed by atoms with van der Waals surface area (Å²) in [7, 11) is 0. The fraction of sp³-hybridized carbons (Fsp3) is 1.00. The Morgan fingerprint density at radius 2 is 1.91 bits per heavy atom. The summed E-state index contributed by atoms with van der Waals surface area (Å²) in [5, 5.41) is 9.58. The van der Waals surface area contributed by atoms with Gasteiger partial charge in [0.05, 0.1) is 6.10 Å². The first-order valence-corrected chi connectivity index (χ1v) is 4.68. The molecule has 0 aromatic carbocycles. The maximum atomic E-state index is 9.58. The van der Waals surface area contributed by atoms with Gasteiger partial charge in [0.25, 0.3) is 0 Å². The molecular weight excluding hydrogens is 138 g/mol. The predicted molar refractivity (Wildman–Crippen MR) is 46.5 cm³/mol. The van der Waals surface area contributed by atoms with Crippen molar-refractivity contribution in [1.29, 1.82) is 0 Å². The summed E-state index contributed by atoms with van der Waals surface area (Å²) in [5.74, 6) is 0.621. The van der Waals surface area contributed by atoms with Crippen LogP contribution in [0.25, 0.3) is 0 Å². The van der Waals surface area contributed by atoms with E-state index in [-0.39, 0.29) is 6.10 Å². The van der Waals surface area contributed by atoms with Crippen LogP contribution < -0.4 is 0 Å². The van der Waals surface area contributed by atoms with E-state index in [1.807, 2.05) is 0 Å². The van der Waals surface area contributed by atoms with Crippen molar-refractivity contribution in [2.45, 2.75) is 32.8 Å². The molecule has 1 aliphatic carbocycles. The maximum Gasteiger partial charge on any atom is 0.0695 e. The second kappa shape index (κ2) is 4.07. The second-order valence-corrected chi connectivity index (χ2v) is 3.39. The van der Waals surface area contributed by atoms with Gasteiger partial charge in [0.1, 0.15) is 0 Å². The average Bonchev–Trinajstić information content (AvgIpc) is 2.81. The molecule has 1 rings (SSSR count). The molecule has 0 spiro atoms. The minimum Gasteiger partial charge on any atom is -0.392 e. The van der Waals surface area contributed by atoms with Crippen molar-refractivity contribution in [3.8, 4) is 0 Å². The summed E-state index contributed by atoms with van der Waals surface area (Å²) in [6.07, 6.45) is 2.42. The third kappa shape index (κ3) is 2.80. The van der Waals surface area contributed by atoms with Crippen LogP contribution in [-0.4, -0.2) is 35.7 Å². The Morgan fingerprint density at radius 3 is 2.27 bits per heavy atom. The van der Waals surface area contributed by atoms with E-state index in [1.54, 1.807) is 0 Å². The molecule has 0 aromatic heterocycles. The highest BCUT2D eigenvalue weighted by atomic mass is 16.3. The third-order valence-electron chi connectivity index (χ3n) is 2.51. The molecular formula is C9H19NO. The second-order valence-electron chi connectivity index (χ2n) is 3.39. The van der Waals surface area contributed by atoms with Crippen molar-refractivity contribution in [3.05, 3.63) is 0 Å². The van der Waals surface area contributed by atoms with Crippen LogP contribution in [-0.2, 0) is 0 Å². The van der Waals surface area contributed by atoms with E-state index in [0.29, 0.717) is 5.92 Å².